The predicted octanol–water partition coefficient (Wildman–Crippen LogP) is 3.22. The summed E-state index contributed by atoms with van der Waals surface area (Å²) >= 11 is 1.83. The molecule has 0 bridgehead atoms. The van der Waals surface area contributed by atoms with Gasteiger partial charge in [0.1, 0.15) is 0 Å². The third-order valence-electron chi connectivity index (χ3n) is 5.84. The van der Waals surface area contributed by atoms with Crippen LogP contribution >= 0.6 is 35.3 Å². The van der Waals surface area contributed by atoms with Gasteiger partial charge < -0.3 is 24.4 Å². The number of aliphatic imine (C=N–C) groups is 1. The van der Waals surface area contributed by atoms with Gasteiger partial charge in [-0.2, -0.15) is 0 Å². The van der Waals surface area contributed by atoms with E-state index in [4.69, 9.17) is 14.2 Å². The minimum Gasteiger partial charge on any atom is -0.385 e. The van der Waals surface area contributed by atoms with Gasteiger partial charge in [-0.15, -0.1) is 35.3 Å². The van der Waals surface area contributed by atoms with Crippen molar-refractivity contribution in [3.63, 3.8) is 0 Å². The molecule has 178 valence electrons. The van der Waals surface area contributed by atoms with Crippen LogP contribution in [0, 0.1) is 0 Å². The van der Waals surface area contributed by atoms with Gasteiger partial charge in [0.25, 0.3) is 0 Å². The maximum absolute atomic E-state index is 6.00. The molecule has 0 amide bonds. The summed E-state index contributed by atoms with van der Waals surface area (Å²) < 4.78 is 16.9. The quantitative estimate of drug-likeness (QED) is 0.215. The predicted molar refractivity (Wildman–Crippen MR) is 138 cm³/mol. The lowest BCUT2D eigenvalue weighted by atomic mass is 10.1. The monoisotopic (exact) mass is 566 g/mol. The summed E-state index contributed by atoms with van der Waals surface area (Å²) in [6.45, 7) is 9.26. The number of rotatable bonds is 9. The first-order valence-corrected chi connectivity index (χ1v) is 12.0. The number of hydrogen-bond donors (Lipinski definition) is 1. The highest BCUT2D eigenvalue weighted by molar-refractivity contribution is 14.0. The van der Waals surface area contributed by atoms with Crippen LogP contribution in [0.4, 0.5) is 0 Å². The first-order chi connectivity index (χ1) is 14.7. The molecule has 9 heteroatoms. The molecular formula is C22H39IN4O3S. The number of morpholine rings is 1. The highest BCUT2D eigenvalue weighted by Crippen LogP contribution is 2.26. The number of guanidine groups is 1. The Balaban J connectivity index is 0.00000341. The number of likely N-dealkylation sites (tertiary alicyclic amines) is 1. The third-order valence-corrected chi connectivity index (χ3v) is 6.81. The van der Waals surface area contributed by atoms with Crippen molar-refractivity contribution in [2.45, 2.75) is 44.4 Å². The summed E-state index contributed by atoms with van der Waals surface area (Å²) in [7, 11) is 3.62. The van der Waals surface area contributed by atoms with Crippen molar-refractivity contribution in [1.29, 1.82) is 0 Å². The Bertz CT molecular complexity index is 626. The minimum atomic E-state index is 0. The van der Waals surface area contributed by atoms with Crippen molar-refractivity contribution in [3.8, 4) is 0 Å². The Labute approximate surface area is 208 Å². The molecule has 2 aliphatic heterocycles. The minimum absolute atomic E-state index is 0. The van der Waals surface area contributed by atoms with Gasteiger partial charge in [-0.05, 0) is 37.6 Å². The summed E-state index contributed by atoms with van der Waals surface area (Å²) in [5.74, 6) is 0.996. The fraction of sp³-hybridized carbons (Fsp3) is 0.773. The summed E-state index contributed by atoms with van der Waals surface area (Å²) in [4.78, 5) is 10.9. The molecule has 1 aromatic rings. The van der Waals surface area contributed by atoms with Crippen molar-refractivity contribution in [2.75, 3.05) is 66.7 Å². The second-order valence-corrected chi connectivity index (χ2v) is 9.02. The van der Waals surface area contributed by atoms with Crippen LogP contribution in [0.15, 0.2) is 22.5 Å². The Morgan fingerprint density at radius 3 is 2.77 bits per heavy atom. The molecule has 0 radical (unpaired) electrons. The smallest absolute Gasteiger partial charge is 0.193 e. The van der Waals surface area contributed by atoms with Gasteiger partial charge in [-0.1, -0.05) is 6.07 Å². The second kappa shape index (κ2) is 14.6. The number of nitrogens with zero attached hydrogens (tertiary/aromatic N) is 3. The molecule has 2 aliphatic rings. The fourth-order valence-corrected chi connectivity index (χ4v) is 5.09. The van der Waals surface area contributed by atoms with E-state index in [1.165, 1.54) is 4.88 Å². The summed E-state index contributed by atoms with van der Waals surface area (Å²) in [6.07, 6.45) is 3.68. The number of halogens is 1. The molecule has 2 fully saturated rings. The zero-order valence-electron chi connectivity index (χ0n) is 19.1. The highest BCUT2D eigenvalue weighted by Gasteiger charge is 2.28. The van der Waals surface area contributed by atoms with Gasteiger partial charge in [0.05, 0.1) is 24.9 Å². The standard InChI is InChI=1S/C22H38N4O3S.HI/c1-18-17-26(11-14-28-18)20(21-6-4-15-30-21)16-24-22(23-2)25-9-7-19(8-10-25)29-13-5-12-27-3;/h4,6,15,18-20H,5,7-14,16-17H2,1-3H3,(H,23,24);1H. The summed E-state index contributed by atoms with van der Waals surface area (Å²) in [5, 5.41) is 5.82. The summed E-state index contributed by atoms with van der Waals surface area (Å²) in [6, 6.07) is 4.73. The highest BCUT2D eigenvalue weighted by atomic mass is 127. The van der Waals surface area contributed by atoms with E-state index < -0.39 is 0 Å². The lowest BCUT2D eigenvalue weighted by Gasteiger charge is -2.38. The molecule has 0 aromatic carbocycles. The van der Waals surface area contributed by atoms with E-state index in [2.05, 4.69) is 44.5 Å². The van der Waals surface area contributed by atoms with E-state index in [-0.39, 0.29) is 30.1 Å². The molecule has 7 nitrogen and oxygen atoms in total. The third kappa shape index (κ3) is 8.43. The Morgan fingerprint density at radius 2 is 2.13 bits per heavy atom. The molecule has 0 saturated carbocycles. The van der Waals surface area contributed by atoms with Crippen LogP contribution in [-0.4, -0.2) is 94.7 Å². The van der Waals surface area contributed by atoms with E-state index in [1.807, 2.05) is 18.4 Å². The SMILES string of the molecule is CN=C(NCC(c1cccs1)N1CCOC(C)C1)N1CCC(OCCCOC)CC1.I. The van der Waals surface area contributed by atoms with Gasteiger partial charge in [0.2, 0.25) is 0 Å². The number of nitrogens with one attached hydrogen (secondary N) is 1. The molecule has 3 rings (SSSR count). The van der Waals surface area contributed by atoms with Crippen LogP contribution in [0.2, 0.25) is 0 Å². The number of methoxy groups -OCH3 is 1. The fourth-order valence-electron chi connectivity index (χ4n) is 4.23. The van der Waals surface area contributed by atoms with Crippen LogP contribution < -0.4 is 5.32 Å². The van der Waals surface area contributed by atoms with Crippen LogP contribution in [0.25, 0.3) is 0 Å². The molecule has 1 aromatic heterocycles. The second-order valence-electron chi connectivity index (χ2n) is 8.04. The van der Waals surface area contributed by atoms with Gasteiger partial charge in [-0.3, -0.25) is 9.89 Å². The topological polar surface area (TPSA) is 58.6 Å². The van der Waals surface area contributed by atoms with E-state index in [9.17, 15) is 0 Å². The molecule has 3 heterocycles. The molecule has 2 saturated heterocycles. The van der Waals surface area contributed by atoms with E-state index in [0.29, 0.717) is 12.1 Å². The number of piperidine rings is 1. The van der Waals surface area contributed by atoms with Gasteiger partial charge in [-0.25, -0.2) is 0 Å². The molecule has 31 heavy (non-hydrogen) atoms. The maximum atomic E-state index is 6.00. The van der Waals surface area contributed by atoms with Crippen LogP contribution in [0.5, 0.6) is 0 Å². The van der Waals surface area contributed by atoms with Gasteiger partial charge in [0, 0.05) is 65.0 Å². The Morgan fingerprint density at radius 1 is 1.32 bits per heavy atom. The van der Waals surface area contributed by atoms with Crippen molar-refractivity contribution < 1.29 is 14.2 Å². The van der Waals surface area contributed by atoms with Gasteiger partial charge in [0.15, 0.2) is 5.96 Å². The molecule has 0 spiro atoms. The summed E-state index contributed by atoms with van der Waals surface area (Å²) in [5.41, 5.74) is 0. The van der Waals surface area contributed by atoms with Crippen LogP contribution in [0.1, 0.15) is 37.1 Å². The Hall–Kier alpha value is -0.460. The normalized spacial score (nSPS) is 22.2. The largest absolute Gasteiger partial charge is 0.385 e. The number of hydrogen-bond acceptors (Lipinski definition) is 6. The van der Waals surface area contributed by atoms with Crippen molar-refractivity contribution in [1.82, 2.24) is 15.1 Å². The Kier molecular flexibility index (Phi) is 12.7. The molecule has 0 aliphatic carbocycles. The molecule has 1 N–H and O–H groups in total. The molecule has 2 atom stereocenters. The van der Waals surface area contributed by atoms with Crippen molar-refractivity contribution in [3.05, 3.63) is 22.4 Å². The molecule has 2 unspecified atom stereocenters. The average molecular weight is 567 g/mol. The lowest BCUT2D eigenvalue weighted by Crippen LogP contribution is -2.50. The van der Waals surface area contributed by atoms with Crippen molar-refractivity contribution >= 4 is 41.3 Å². The zero-order valence-corrected chi connectivity index (χ0v) is 22.3. The van der Waals surface area contributed by atoms with Crippen LogP contribution in [0.3, 0.4) is 0 Å². The van der Waals surface area contributed by atoms with E-state index in [1.54, 1.807) is 7.11 Å². The lowest BCUT2D eigenvalue weighted by molar-refractivity contribution is -0.0335. The molecular weight excluding hydrogens is 527 g/mol. The van der Waals surface area contributed by atoms with E-state index >= 15 is 0 Å². The van der Waals surface area contributed by atoms with Gasteiger partial charge >= 0.3 is 0 Å². The average Bonchev–Trinajstić information content (AvgIpc) is 3.29. The van der Waals surface area contributed by atoms with Crippen molar-refractivity contribution in [2.24, 2.45) is 4.99 Å². The first kappa shape index (κ1) is 26.8. The number of ether oxygens (including phenoxy) is 3. The van der Waals surface area contributed by atoms with Crippen LogP contribution in [-0.2, 0) is 14.2 Å². The van der Waals surface area contributed by atoms with E-state index in [0.717, 1.165) is 77.8 Å². The number of thiophene rings is 1. The first-order valence-electron chi connectivity index (χ1n) is 11.2. The maximum Gasteiger partial charge on any atom is 0.193 e. The zero-order chi connectivity index (χ0) is 21.2.